The molecule has 2 rings (SSSR count). The average molecular weight is 249 g/mol. The third kappa shape index (κ3) is 3.80. The van der Waals surface area contributed by atoms with E-state index in [-0.39, 0.29) is 0 Å². The normalized spacial score (nSPS) is 9.53. The molecule has 0 aliphatic heterocycles. The molecule has 2 N–H and O–H groups in total. The standard InChI is InChI=1S/C17H15NO/c18-12-11-16-5-3-14(4-6-16)1-2-15-7-9-17(13-19)10-8-15/h3-10,13H,11-12,18H2. The van der Waals surface area contributed by atoms with Gasteiger partial charge in [0.25, 0.3) is 0 Å². The predicted octanol–water partition coefficient (Wildman–Crippen LogP) is 2.40. The molecule has 2 aromatic rings. The molecule has 0 saturated heterocycles. The number of carbonyl (C=O) groups is 1. The molecule has 0 fully saturated rings. The molecule has 0 amide bonds. The Morgan fingerprint density at radius 2 is 1.42 bits per heavy atom. The van der Waals surface area contributed by atoms with Gasteiger partial charge in [0.2, 0.25) is 0 Å². The number of nitrogens with two attached hydrogens (primary N) is 1. The lowest BCUT2D eigenvalue weighted by atomic mass is 10.1. The van der Waals surface area contributed by atoms with Crippen LogP contribution in [0.15, 0.2) is 48.5 Å². The van der Waals surface area contributed by atoms with Gasteiger partial charge in [-0.05, 0) is 42.8 Å². The van der Waals surface area contributed by atoms with Crippen LogP contribution < -0.4 is 5.73 Å². The van der Waals surface area contributed by atoms with Gasteiger partial charge in [0.15, 0.2) is 0 Å². The van der Waals surface area contributed by atoms with E-state index in [9.17, 15) is 4.79 Å². The Kier molecular flexibility index (Phi) is 4.49. The maximum absolute atomic E-state index is 10.5. The van der Waals surface area contributed by atoms with Gasteiger partial charge < -0.3 is 5.73 Å². The summed E-state index contributed by atoms with van der Waals surface area (Å²) < 4.78 is 0. The quantitative estimate of drug-likeness (QED) is 0.670. The van der Waals surface area contributed by atoms with Crippen LogP contribution in [0, 0.1) is 11.8 Å². The second-order valence-corrected chi connectivity index (χ2v) is 4.23. The van der Waals surface area contributed by atoms with Crippen molar-refractivity contribution < 1.29 is 4.79 Å². The van der Waals surface area contributed by atoms with Crippen LogP contribution in [0.1, 0.15) is 27.0 Å². The summed E-state index contributed by atoms with van der Waals surface area (Å²) in [4.78, 5) is 10.5. The highest BCUT2D eigenvalue weighted by Gasteiger charge is 1.92. The SMILES string of the molecule is NCCc1ccc(C#Cc2ccc(C=O)cc2)cc1. The molecule has 0 spiro atoms. The van der Waals surface area contributed by atoms with Crippen LogP contribution >= 0.6 is 0 Å². The molecular weight excluding hydrogens is 234 g/mol. The van der Waals surface area contributed by atoms with Crippen LogP contribution in [0.5, 0.6) is 0 Å². The van der Waals surface area contributed by atoms with Crippen molar-refractivity contribution in [2.45, 2.75) is 6.42 Å². The van der Waals surface area contributed by atoms with Gasteiger partial charge in [-0.3, -0.25) is 4.79 Å². The lowest BCUT2D eigenvalue weighted by molar-refractivity contribution is 0.112. The fraction of sp³-hybridized carbons (Fsp3) is 0.118. The molecule has 19 heavy (non-hydrogen) atoms. The van der Waals surface area contributed by atoms with Gasteiger partial charge in [-0.25, -0.2) is 0 Å². The summed E-state index contributed by atoms with van der Waals surface area (Å²) in [6.45, 7) is 0.661. The van der Waals surface area contributed by atoms with E-state index in [4.69, 9.17) is 5.73 Å². The highest BCUT2D eigenvalue weighted by molar-refractivity contribution is 5.74. The third-order valence-electron chi connectivity index (χ3n) is 2.78. The first-order valence-corrected chi connectivity index (χ1v) is 6.18. The Bertz CT molecular complexity index is 600. The van der Waals surface area contributed by atoms with E-state index in [0.717, 1.165) is 23.8 Å². The van der Waals surface area contributed by atoms with Crippen molar-refractivity contribution in [3.8, 4) is 11.8 Å². The molecule has 0 unspecified atom stereocenters. The Balaban J connectivity index is 2.11. The second-order valence-electron chi connectivity index (χ2n) is 4.23. The first-order valence-electron chi connectivity index (χ1n) is 6.18. The van der Waals surface area contributed by atoms with E-state index in [2.05, 4.69) is 11.8 Å². The van der Waals surface area contributed by atoms with Crippen molar-refractivity contribution in [3.05, 3.63) is 70.8 Å². The fourth-order valence-corrected chi connectivity index (χ4v) is 1.71. The van der Waals surface area contributed by atoms with E-state index in [1.807, 2.05) is 36.4 Å². The molecule has 0 heterocycles. The van der Waals surface area contributed by atoms with Crippen molar-refractivity contribution in [2.75, 3.05) is 6.54 Å². The number of hydrogen-bond acceptors (Lipinski definition) is 2. The molecule has 0 aliphatic rings. The van der Waals surface area contributed by atoms with Gasteiger partial charge in [0, 0.05) is 16.7 Å². The summed E-state index contributed by atoms with van der Waals surface area (Å²) in [5.41, 5.74) is 9.27. The first-order chi connectivity index (χ1) is 9.31. The summed E-state index contributed by atoms with van der Waals surface area (Å²) in [7, 11) is 0. The number of carbonyl (C=O) groups excluding carboxylic acids is 1. The molecule has 0 atom stereocenters. The zero-order valence-electron chi connectivity index (χ0n) is 10.6. The summed E-state index contributed by atoms with van der Waals surface area (Å²) in [6.07, 6.45) is 1.72. The van der Waals surface area contributed by atoms with Crippen LogP contribution in [0.3, 0.4) is 0 Å². The smallest absolute Gasteiger partial charge is 0.150 e. The third-order valence-corrected chi connectivity index (χ3v) is 2.78. The molecule has 0 radical (unpaired) electrons. The van der Waals surface area contributed by atoms with Gasteiger partial charge in [-0.2, -0.15) is 0 Å². The van der Waals surface area contributed by atoms with Crippen molar-refractivity contribution >= 4 is 6.29 Å². The molecule has 2 nitrogen and oxygen atoms in total. The van der Waals surface area contributed by atoms with E-state index >= 15 is 0 Å². The lowest BCUT2D eigenvalue weighted by Crippen LogP contribution is -2.02. The van der Waals surface area contributed by atoms with Crippen LogP contribution in [0.25, 0.3) is 0 Å². The lowest BCUT2D eigenvalue weighted by Gasteiger charge is -1.97. The van der Waals surface area contributed by atoms with Crippen molar-refractivity contribution in [1.29, 1.82) is 0 Å². The molecular formula is C17H15NO. The van der Waals surface area contributed by atoms with E-state index < -0.39 is 0 Å². The Morgan fingerprint density at radius 3 is 1.89 bits per heavy atom. The zero-order valence-corrected chi connectivity index (χ0v) is 10.6. The Labute approximate surface area is 113 Å². The van der Waals surface area contributed by atoms with E-state index in [1.165, 1.54) is 5.56 Å². The molecule has 94 valence electrons. The minimum absolute atomic E-state index is 0.661. The van der Waals surface area contributed by atoms with Crippen LogP contribution in [-0.2, 0) is 6.42 Å². The first kappa shape index (κ1) is 13.1. The molecule has 2 aromatic carbocycles. The van der Waals surface area contributed by atoms with Gasteiger partial charge in [0.05, 0.1) is 0 Å². The van der Waals surface area contributed by atoms with Crippen LogP contribution in [0.2, 0.25) is 0 Å². The molecule has 0 aliphatic carbocycles. The molecule has 2 heteroatoms. The topological polar surface area (TPSA) is 43.1 Å². The maximum atomic E-state index is 10.5. The van der Waals surface area contributed by atoms with Gasteiger partial charge in [0.1, 0.15) is 6.29 Å². The van der Waals surface area contributed by atoms with Gasteiger partial charge in [-0.1, -0.05) is 36.1 Å². The molecule has 0 bridgehead atoms. The number of aldehydes is 1. The van der Waals surface area contributed by atoms with Crippen molar-refractivity contribution in [2.24, 2.45) is 5.73 Å². The Hall–Kier alpha value is -2.37. The van der Waals surface area contributed by atoms with Crippen LogP contribution in [0.4, 0.5) is 0 Å². The van der Waals surface area contributed by atoms with Crippen molar-refractivity contribution in [1.82, 2.24) is 0 Å². The average Bonchev–Trinajstić information content (AvgIpc) is 2.47. The number of benzene rings is 2. The minimum atomic E-state index is 0.661. The maximum Gasteiger partial charge on any atom is 0.150 e. The van der Waals surface area contributed by atoms with Crippen molar-refractivity contribution in [3.63, 3.8) is 0 Å². The van der Waals surface area contributed by atoms with Gasteiger partial charge in [-0.15, -0.1) is 0 Å². The van der Waals surface area contributed by atoms with Crippen LogP contribution in [-0.4, -0.2) is 12.8 Å². The summed E-state index contributed by atoms with van der Waals surface area (Å²) in [5, 5.41) is 0. The van der Waals surface area contributed by atoms with Gasteiger partial charge >= 0.3 is 0 Å². The Morgan fingerprint density at radius 1 is 0.895 bits per heavy atom. The monoisotopic (exact) mass is 249 g/mol. The minimum Gasteiger partial charge on any atom is -0.330 e. The van der Waals surface area contributed by atoms with E-state index in [1.54, 1.807) is 12.1 Å². The number of hydrogen-bond donors (Lipinski definition) is 1. The largest absolute Gasteiger partial charge is 0.330 e. The highest BCUT2D eigenvalue weighted by Crippen LogP contribution is 2.05. The van der Waals surface area contributed by atoms with E-state index in [0.29, 0.717) is 12.1 Å². The highest BCUT2D eigenvalue weighted by atomic mass is 16.1. The summed E-state index contributed by atoms with van der Waals surface area (Å²) >= 11 is 0. The predicted molar refractivity (Wildman–Crippen MR) is 77.0 cm³/mol. The molecule has 0 aromatic heterocycles. The summed E-state index contributed by atoms with van der Waals surface area (Å²) in [6, 6.07) is 15.3. The number of rotatable bonds is 3. The zero-order chi connectivity index (χ0) is 13.5. The summed E-state index contributed by atoms with van der Waals surface area (Å²) in [5.74, 6) is 6.17. The second kappa shape index (κ2) is 6.53. The molecule has 0 saturated carbocycles. The fourth-order valence-electron chi connectivity index (χ4n) is 1.71.